The van der Waals surface area contributed by atoms with Crippen LogP contribution in [0.15, 0.2) is 53.7 Å². The third kappa shape index (κ3) is 5.55. The smallest absolute Gasteiger partial charge is 0.319 e. The summed E-state index contributed by atoms with van der Waals surface area (Å²) in [6.07, 6.45) is 3.91. The minimum absolute atomic E-state index is 0.0496. The maximum absolute atomic E-state index is 12.9. The summed E-state index contributed by atoms with van der Waals surface area (Å²) in [5, 5.41) is 5.39. The number of anilines is 1. The SMILES string of the molecule is CC(=O)N1CCCN(S(=O)(=O)c2ccc(NC(=O)NCc3cccnc3)cc2)CC1. The molecule has 2 heterocycles. The molecule has 1 aromatic heterocycles. The Morgan fingerprint density at radius 2 is 1.83 bits per heavy atom. The van der Waals surface area contributed by atoms with Crippen molar-refractivity contribution in [2.45, 2.75) is 24.8 Å². The summed E-state index contributed by atoms with van der Waals surface area (Å²) in [6.45, 7) is 3.38. The second kappa shape index (κ2) is 9.68. The molecule has 9 nitrogen and oxygen atoms in total. The third-order valence-corrected chi connectivity index (χ3v) is 6.74. The van der Waals surface area contributed by atoms with E-state index in [1.807, 2.05) is 6.07 Å². The molecule has 10 heteroatoms. The lowest BCUT2D eigenvalue weighted by atomic mass is 10.3. The van der Waals surface area contributed by atoms with Crippen LogP contribution in [0.3, 0.4) is 0 Å². The zero-order valence-corrected chi connectivity index (χ0v) is 17.6. The van der Waals surface area contributed by atoms with Crippen LogP contribution in [-0.2, 0) is 21.4 Å². The normalized spacial score (nSPS) is 15.3. The van der Waals surface area contributed by atoms with Gasteiger partial charge in [0, 0.05) is 57.7 Å². The van der Waals surface area contributed by atoms with Crippen molar-refractivity contribution in [3.8, 4) is 0 Å². The lowest BCUT2D eigenvalue weighted by Crippen LogP contribution is -2.36. The highest BCUT2D eigenvalue weighted by Crippen LogP contribution is 2.20. The van der Waals surface area contributed by atoms with Gasteiger partial charge in [-0.15, -0.1) is 0 Å². The molecule has 1 aliphatic rings. The van der Waals surface area contributed by atoms with Gasteiger partial charge in [0.1, 0.15) is 0 Å². The van der Waals surface area contributed by atoms with Gasteiger partial charge in [-0.2, -0.15) is 4.31 Å². The molecule has 0 radical (unpaired) electrons. The number of benzene rings is 1. The van der Waals surface area contributed by atoms with Crippen molar-refractivity contribution in [1.29, 1.82) is 0 Å². The Morgan fingerprint density at radius 3 is 2.50 bits per heavy atom. The van der Waals surface area contributed by atoms with Crippen LogP contribution in [0.1, 0.15) is 18.9 Å². The fourth-order valence-corrected chi connectivity index (χ4v) is 4.64. The van der Waals surface area contributed by atoms with Gasteiger partial charge in [0.2, 0.25) is 15.9 Å². The highest BCUT2D eigenvalue weighted by atomic mass is 32.2. The number of carbonyl (C=O) groups is 2. The summed E-state index contributed by atoms with van der Waals surface area (Å²) in [5.74, 6) is -0.0496. The molecule has 1 fully saturated rings. The number of aromatic nitrogens is 1. The van der Waals surface area contributed by atoms with E-state index >= 15 is 0 Å². The molecule has 30 heavy (non-hydrogen) atoms. The number of carbonyl (C=O) groups excluding carboxylic acids is 2. The first kappa shape index (κ1) is 21.7. The first-order valence-corrected chi connectivity index (χ1v) is 11.1. The van der Waals surface area contributed by atoms with Gasteiger partial charge >= 0.3 is 6.03 Å². The zero-order valence-electron chi connectivity index (χ0n) is 16.7. The largest absolute Gasteiger partial charge is 0.342 e. The third-order valence-electron chi connectivity index (χ3n) is 4.83. The Bertz CT molecular complexity index is 980. The minimum atomic E-state index is -3.67. The van der Waals surface area contributed by atoms with E-state index in [0.29, 0.717) is 38.3 Å². The van der Waals surface area contributed by atoms with E-state index in [0.717, 1.165) is 5.56 Å². The number of sulfonamides is 1. The van der Waals surface area contributed by atoms with Crippen molar-refractivity contribution in [2.75, 3.05) is 31.5 Å². The molecule has 0 unspecified atom stereocenters. The van der Waals surface area contributed by atoms with Crippen LogP contribution in [0.4, 0.5) is 10.5 Å². The van der Waals surface area contributed by atoms with Gasteiger partial charge in [0.15, 0.2) is 0 Å². The Labute approximate surface area is 176 Å². The lowest BCUT2D eigenvalue weighted by Gasteiger charge is -2.21. The molecule has 0 atom stereocenters. The number of hydrogen-bond donors (Lipinski definition) is 2. The number of nitrogens with one attached hydrogen (secondary N) is 2. The van der Waals surface area contributed by atoms with Crippen molar-refractivity contribution in [3.63, 3.8) is 0 Å². The van der Waals surface area contributed by atoms with E-state index in [-0.39, 0.29) is 17.3 Å². The summed E-state index contributed by atoms with van der Waals surface area (Å²) < 4.78 is 27.3. The summed E-state index contributed by atoms with van der Waals surface area (Å²) in [6, 6.07) is 9.29. The predicted octanol–water partition coefficient (Wildman–Crippen LogP) is 1.65. The zero-order chi connectivity index (χ0) is 21.6. The van der Waals surface area contributed by atoms with Crippen molar-refractivity contribution >= 4 is 27.6 Å². The topological polar surface area (TPSA) is 112 Å². The molecule has 160 valence electrons. The Hall–Kier alpha value is -2.98. The van der Waals surface area contributed by atoms with Crippen LogP contribution in [-0.4, -0.2) is 60.7 Å². The molecule has 0 aliphatic carbocycles. The van der Waals surface area contributed by atoms with Crippen LogP contribution >= 0.6 is 0 Å². The fourth-order valence-electron chi connectivity index (χ4n) is 3.17. The fraction of sp³-hybridized carbons (Fsp3) is 0.350. The average Bonchev–Trinajstić information content (AvgIpc) is 3.00. The number of nitrogens with zero attached hydrogens (tertiary/aromatic N) is 3. The minimum Gasteiger partial charge on any atom is -0.342 e. The van der Waals surface area contributed by atoms with Crippen LogP contribution < -0.4 is 10.6 Å². The summed E-state index contributed by atoms with van der Waals surface area (Å²) in [7, 11) is -3.67. The molecular weight excluding hydrogens is 406 g/mol. The molecule has 1 saturated heterocycles. The van der Waals surface area contributed by atoms with Crippen LogP contribution in [0, 0.1) is 0 Å². The van der Waals surface area contributed by atoms with Gasteiger partial charge in [0.05, 0.1) is 4.90 Å². The van der Waals surface area contributed by atoms with Gasteiger partial charge in [0.25, 0.3) is 0 Å². The highest BCUT2D eigenvalue weighted by Gasteiger charge is 2.27. The Kier molecular flexibility index (Phi) is 7.01. The van der Waals surface area contributed by atoms with Crippen molar-refractivity contribution in [1.82, 2.24) is 19.5 Å². The Morgan fingerprint density at radius 1 is 1.07 bits per heavy atom. The monoisotopic (exact) mass is 431 g/mol. The van der Waals surface area contributed by atoms with Gasteiger partial charge in [-0.25, -0.2) is 13.2 Å². The molecule has 3 amide bonds. The number of amides is 3. The second-order valence-electron chi connectivity index (χ2n) is 6.96. The van der Waals surface area contributed by atoms with Crippen LogP contribution in [0.5, 0.6) is 0 Å². The number of rotatable bonds is 5. The molecule has 0 saturated carbocycles. The van der Waals surface area contributed by atoms with Crippen molar-refractivity contribution in [3.05, 3.63) is 54.4 Å². The maximum atomic E-state index is 12.9. The highest BCUT2D eigenvalue weighted by molar-refractivity contribution is 7.89. The molecule has 2 N–H and O–H groups in total. The Balaban J connectivity index is 1.58. The van der Waals surface area contributed by atoms with E-state index in [4.69, 9.17) is 0 Å². The van der Waals surface area contributed by atoms with E-state index in [1.54, 1.807) is 35.5 Å². The standard InChI is InChI=1S/C20H25N5O4S/c1-16(26)24-10-3-11-25(13-12-24)30(28,29)19-7-5-18(6-8-19)23-20(27)22-15-17-4-2-9-21-14-17/h2,4-9,14H,3,10-13,15H2,1H3,(H2,22,23,27). The van der Waals surface area contributed by atoms with Gasteiger partial charge < -0.3 is 15.5 Å². The van der Waals surface area contributed by atoms with Crippen molar-refractivity contribution < 1.29 is 18.0 Å². The van der Waals surface area contributed by atoms with Crippen LogP contribution in [0.25, 0.3) is 0 Å². The molecule has 1 aromatic carbocycles. The first-order chi connectivity index (χ1) is 14.4. The van der Waals surface area contributed by atoms with Gasteiger partial charge in [-0.1, -0.05) is 6.07 Å². The predicted molar refractivity (Wildman–Crippen MR) is 112 cm³/mol. The van der Waals surface area contributed by atoms with Gasteiger partial charge in [-0.05, 0) is 42.3 Å². The summed E-state index contributed by atoms with van der Waals surface area (Å²) in [4.78, 5) is 29.4. The van der Waals surface area contributed by atoms with E-state index in [1.165, 1.54) is 23.4 Å². The number of urea groups is 1. The van der Waals surface area contributed by atoms with Gasteiger partial charge in [-0.3, -0.25) is 9.78 Å². The molecule has 3 rings (SSSR count). The van der Waals surface area contributed by atoms with Crippen LogP contribution in [0.2, 0.25) is 0 Å². The molecular formula is C20H25N5O4S. The second-order valence-corrected chi connectivity index (χ2v) is 8.89. The average molecular weight is 432 g/mol. The molecule has 1 aliphatic heterocycles. The first-order valence-electron chi connectivity index (χ1n) is 9.66. The van der Waals surface area contributed by atoms with E-state index < -0.39 is 16.1 Å². The number of hydrogen-bond acceptors (Lipinski definition) is 5. The van der Waals surface area contributed by atoms with E-state index in [2.05, 4.69) is 15.6 Å². The quantitative estimate of drug-likeness (QED) is 0.748. The maximum Gasteiger partial charge on any atom is 0.319 e. The summed E-state index contributed by atoms with van der Waals surface area (Å²) in [5.41, 5.74) is 1.35. The summed E-state index contributed by atoms with van der Waals surface area (Å²) >= 11 is 0. The van der Waals surface area contributed by atoms with E-state index in [9.17, 15) is 18.0 Å². The lowest BCUT2D eigenvalue weighted by molar-refractivity contribution is -0.128. The molecule has 2 aromatic rings. The molecule has 0 spiro atoms. The van der Waals surface area contributed by atoms with Crippen molar-refractivity contribution in [2.24, 2.45) is 0 Å². The number of pyridine rings is 1. The molecule has 0 bridgehead atoms.